The lowest BCUT2D eigenvalue weighted by Crippen LogP contribution is -2.00. The van der Waals surface area contributed by atoms with Crippen LogP contribution in [0.3, 0.4) is 0 Å². The number of hydrogen-bond acceptors (Lipinski definition) is 9. The van der Waals surface area contributed by atoms with Crippen molar-refractivity contribution < 1.29 is 8.83 Å². The third-order valence-corrected chi connectivity index (χ3v) is 23.1. The number of rotatable bonds is 8. The molecule has 5 heterocycles. The molecule has 0 radical (unpaired) electrons. The molecule has 0 atom stereocenters. The highest BCUT2D eigenvalue weighted by atomic mass is 16.3. The first kappa shape index (κ1) is 64.5. The third-order valence-electron chi connectivity index (χ3n) is 23.1. The van der Waals surface area contributed by atoms with Crippen LogP contribution in [0.15, 0.2) is 380 Å². The predicted molar refractivity (Wildman–Crippen MR) is 465 cm³/mol. The molecule has 9 heteroatoms. The monoisotopic (exact) mass is 1450 g/mol. The van der Waals surface area contributed by atoms with Crippen molar-refractivity contribution in [3.05, 3.63) is 371 Å². The molecule has 3 aliphatic rings. The third kappa shape index (κ3) is 10.7. The molecule has 9 nitrogen and oxygen atoms in total. The van der Waals surface area contributed by atoms with Gasteiger partial charge in [-0.1, -0.05) is 249 Å². The zero-order valence-corrected chi connectivity index (χ0v) is 61.2. The van der Waals surface area contributed by atoms with Crippen LogP contribution in [0.1, 0.15) is 0 Å². The molecule has 528 valence electrons. The summed E-state index contributed by atoms with van der Waals surface area (Å²) in [4.78, 5) is 32.8. The number of fused-ring (bicyclic) bond motifs is 14. The van der Waals surface area contributed by atoms with E-state index in [1.54, 1.807) is 0 Å². The van der Waals surface area contributed by atoms with Crippen molar-refractivity contribution in [3.8, 4) is 157 Å². The fourth-order valence-electron chi connectivity index (χ4n) is 17.7. The summed E-state index contributed by atoms with van der Waals surface area (Å²) in [6.45, 7) is 0. The molecule has 0 fully saturated rings. The molecule has 0 aliphatic heterocycles. The minimum atomic E-state index is 0.673. The number of hydrogen-bond donors (Lipinski definition) is 0. The summed E-state index contributed by atoms with van der Waals surface area (Å²) in [6, 6.07) is 123. The maximum Gasteiger partial charge on any atom is 0.181 e. The van der Waals surface area contributed by atoms with E-state index in [2.05, 4.69) is 282 Å². The Morgan fingerprint density at radius 2 is 0.588 bits per heavy atom. The molecule has 114 heavy (non-hydrogen) atoms. The summed E-state index contributed by atoms with van der Waals surface area (Å²) in [5, 5.41) is 13.8. The molecule has 17 aromatic carbocycles. The molecular weight excluding hydrogens is 1390 g/mol. The molecular formula is C105H61N7O2. The average molecular weight is 1450 g/mol. The Morgan fingerprint density at radius 3 is 1.14 bits per heavy atom. The Bertz CT molecular complexity index is 7480. The summed E-state index contributed by atoms with van der Waals surface area (Å²) in [5.41, 5.74) is 33.9. The van der Waals surface area contributed by atoms with Crippen LogP contribution in [0.25, 0.3) is 244 Å². The smallest absolute Gasteiger partial charge is 0.181 e. The van der Waals surface area contributed by atoms with E-state index in [0.29, 0.717) is 17.5 Å². The normalized spacial score (nSPS) is 11.9. The quantitative estimate of drug-likeness (QED) is 0.147. The van der Waals surface area contributed by atoms with E-state index < -0.39 is 0 Å². The molecule has 0 N–H and O–H groups in total. The highest BCUT2D eigenvalue weighted by Crippen LogP contribution is 2.54. The van der Waals surface area contributed by atoms with Gasteiger partial charge in [0.15, 0.2) is 41.4 Å². The van der Waals surface area contributed by atoms with Crippen LogP contribution in [0.2, 0.25) is 0 Å². The first-order valence-corrected chi connectivity index (χ1v) is 38.3. The average Bonchev–Trinajstić information content (AvgIpc) is 1.61. The minimum Gasteiger partial charge on any atom is -0.443 e. The molecule has 0 unspecified atom stereocenters. The Balaban J connectivity index is 0.000000102. The molecule has 0 saturated heterocycles. The van der Waals surface area contributed by atoms with E-state index in [-0.39, 0.29) is 0 Å². The van der Waals surface area contributed by atoms with E-state index in [0.717, 1.165) is 105 Å². The fourth-order valence-corrected chi connectivity index (χ4v) is 17.7. The zero-order valence-electron chi connectivity index (χ0n) is 61.2. The van der Waals surface area contributed by atoms with Crippen molar-refractivity contribution in [1.29, 1.82) is 0 Å². The van der Waals surface area contributed by atoms with Gasteiger partial charge in [0.05, 0.1) is 11.2 Å². The van der Waals surface area contributed by atoms with Crippen molar-refractivity contribution >= 4 is 87.0 Å². The first-order chi connectivity index (χ1) is 56.5. The lowest BCUT2D eigenvalue weighted by atomic mass is 9.90. The molecule has 0 amide bonds. The fraction of sp³-hybridized carbons (Fsp3) is 0. The van der Waals surface area contributed by atoms with Crippen LogP contribution >= 0.6 is 0 Å². The molecule has 25 rings (SSSR count). The van der Waals surface area contributed by atoms with Crippen molar-refractivity contribution in [1.82, 2.24) is 34.9 Å². The Morgan fingerprint density at radius 1 is 0.184 bits per heavy atom. The minimum absolute atomic E-state index is 0.673. The van der Waals surface area contributed by atoms with Gasteiger partial charge in [0.25, 0.3) is 0 Å². The highest BCUT2D eigenvalue weighted by molar-refractivity contribution is 6.23. The predicted octanol–water partition coefficient (Wildman–Crippen LogP) is 27.5. The largest absolute Gasteiger partial charge is 0.443 e. The molecule has 0 saturated carbocycles. The maximum atomic E-state index is 5.64. The number of benzene rings is 17. The molecule has 5 aromatic heterocycles. The van der Waals surface area contributed by atoms with Crippen LogP contribution < -0.4 is 0 Å². The zero-order chi connectivity index (χ0) is 74.9. The van der Waals surface area contributed by atoms with Gasteiger partial charge in [-0.3, -0.25) is 9.97 Å². The SMILES string of the molecule is c1ccc(-c2nc(-c3ccccc3)nc(-c3ccc4c5c(cccc35)-c3cc5ccccc5cc3-4)n2)cc1.c1ccc2c(c1)-c1cccc3c(-c4cc(-c5ccc6ncoc6c5)cc(-c5ccc6ncoc6c5)c4)ccc-2c13.c1ccc2cc3c(cc2c1)-c1cccc2c(-c4cc(-c5ccc6cccnc6c5)ccn4)ccc-3c12. The van der Waals surface area contributed by atoms with Gasteiger partial charge in [0, 0.05) is 40.0 Å². The van der Waals surface area contributed by atoms with Crippen LogP contribution in [0.4, 0.5) is 0 Å². The van der Waals surface area contributed by atoms with Gasteiger partial charge in [-0.25, -0.2) is 24.9 Å². The van der Waals surface area contributed by atoms with Crippen molar-refractivity contribution in [2.24, 2.45) is 0 Å². The number of oxazole rings is 2. The van der Waals surface area contributed by atoms with Gasteiger partial charge in [0.2, 0.25) is 0 Å². The van der Waals surface area contributed by atoms with Crippen LogP contribution in [-0.2, 0) is 0 Å². The van der Waals surface area contributed by atoms with Gasteiger partial charge < -0.3 is 8.83 Å². The maximum absolute atomic E-state index is 5.64. The Labute approximate surface area is 654 Å². The summed E-state index contributed by atoms with van der Waals surface area (Å²) >= 11 is 0. The summed E-state index contributed by atoms with van der Waals surface area (Å²) in [7, 11) is 0. The van der Waals surface area contributed by atoms with E-state index in [1.165, 1.54) is 134 Å². The second-order valence-electron chi connectivity index (χ2n) is 29.4. The number of nitrogens with zero attached hydrogens (tertiary/aromatic N) is 7. The van der Waals surface area contributed by atoms with E-state index in [4.69, 9.17) is 28.8 Å². The van der Waals surface area contributed by atoms with Crippen molar-refractivity contribution in [3.63, 3.8) is 0 Å². The molecule has 0 bridgehead atoms. The summed E-state index contributed by atoms with van der Waals surface area (Å²) < 4.78 is 11.3. The summed E-state index contributed by atoms with van der Waals surface area (Å²) in [5.74, 6) is 2.03. The second-order valence-corrected chi connectivity index (χ2v) is 29.4. The summed E-state index contributed by atoms with van der Waals surface area (Å²) in [6.07, 6.45) is 6.75. The standard InChI is InChI=1S/C36H20N2O2.C35H21N3.C34H20N2/c1-2-5-28-27(4-1)30-7-3-6-29-26(10-11-31(28)36(29)30)25-15-23(21-8-12-32-34(17-21)39-19-37-32)14-24(16-25)22-9-13-33-35(18-22)40-20-38-33;1-3-10-22(11-4-1)33-36-34(23-12-5-2-6-13-23)38-35(37-33)29-19-18-28-31-21-25-15-8-7-14-24(25)20-30(31)27-17-9-16-26(29)32(27)28;1-2-6-23-18-31-29-13-12-26(27-8-3-9-28(34(27)29)30(31)17-22(23)5-1)33-20-25(14-16-36-33)24-11-10-21-7-4-15-35-32(21)19-24/h1-20H;1-21H;1-20H. The van der Waals surface area contributed by atoms with Gasteiger partial charge in [-0.15, -0.1) is 0 Å². The van der Waals surface area contributed by atoms with E-state index >= 15 is 0 Å². The highest BCUT2D eigenvalue weighted by Gasteiger charge is 2.28. The van der Waals surface area contributed by atoms with E-state index in [9.17, 15) is 0 Å². The van der Waals surface area contributed by atoms with Gasteiger partial charge >= 0.3 is 0 Å². The van der Waals surface area contributed by atoms with Gasteiger partial charge in [-0.2, -0.15) is 0 Å². The van der Waals surface area contributed by atoms with E-state index in [1.807, 2.05) is 91.3 Å². The molecule has 22 aromatic rings. The van der Waals surface area contributed by atoms with Crippen LogP contribution in [0.5, 0.6) is 0 Å². The first-order valence-electron chi connectivity index (χ1n) is 38.3. The second kappa shape index (κ2) is 26.1. The van der Waals surface area contributed by atoms with Gasteiger partial charge in [-0.05, 0) is 262 Å². The molecule has 0 spiro atoms. The van der Waals surface area contributed by atoms with Crippen LogP contribution in [-0.4, -0.2) is 34.9 Å². The van der Waals surface area contributed by atoms with Crippen LogP contribution in [0, 0.1) is 0 Å². The lowest BCUT2D eigenvalue weighted by Gasteiger charge is -2.14. The number of pyridine rings is 2. The Kier molecular flexibility index (Phi) is 14.8. The Hall–Kier alpha value is -15.5. The van der Waals surface area contributed by atoms with Crippen molar-refractivity contribution in [2.45, 2.75) is 0 Å². The molecule has 3 aliphatic carbocycles. The number of aromatic nitrogens is 7. The topological polar surface area (TPSA) is 117 Å². The lowest BCUT2D eigenvalue weighted by molar-refractivity contribution is 0.602. The van der Waals surface area contributed by atoms with Gasteiger partial charge in [0.1, 0.15) is 11.0 Å². The van der Waals surface area contributed by atoms with Crippen molar-refractivity contribution in [2.75, 3.05) is 0 Å².